The van der Waals surface area contributed by atoms with Gasteiger partial charge in [-0.25, -0.2) is 0 Å². The van der Waals surface area contributed by atoms with Crippen LogP contribution in [0.25, 0.3) is 0 Å². The predicted molar refractivity (Wildman–Crippen MR) is 134 cm³/mol. The summed E-state index contributed by atoms with van der Waals surface area (Å²) in [6.07, 6.45) is 9.97. The lowest BCUT2D eigenvalue weighted by molar-refractivity contribution is 0.602. The summed E-state index contributed by atoms with van der Waals surface area (Å²) in [7, 11) is 0. The third-order valence-electron chi connectivity index (χ3n) is 1.71. The molecule has 0 bridgehead atoms. The van der Waals surface area contributed by atoms with Gasteiger partial charge in [0.25, 0.3) is 0 Å². The molecule has 0 heteroatoms. The molecule has 0 spiro atoms. The van der Waals surface area contributed by atoms with Gasteiger partial charge in [-0.1, -0.05) is 170 Å². The van der Waals surface area contributed by atoms with Crippen molar-refractivity contribution in [2.75, 3.05) is 0 Å². The van der Waals surface area contributed by atoms with Crippen LogP contribution in [0.2, 0.25) is 0 Å². The van der Waals surface area contributed by atoms with Crippen molar-refractivity contribution >= 4 is 0 Å². The van der Waals surface area contributed by atoms with Crippen LogP contribution in [0.1, 0.15) is 170 Å². The van der Waals surface area contributed by atoms with Gasteiger partial charge in [-0.3, -0.25) is 0 Å². The first kappa shape index (κ1) is 56.2. The van der Waals surface area contributed by atoms with Crippen LogP contribution < -0.4 is 0 Å². The van der Waals surface area contributed by atoms with Crippen LogP contribution in [0.4, 0.5) is 0 Å². The second-order valence-corrected chi connectivity index (χ2v) is 2.77. The van der Waals surface area contributed by atoms with Gasteiger partial charge in [0.2, 0.25) is 0 Å². The lowest BCUT2D eigenvalue weighted by atomic mass is 10.1. The van der Waals surface area contributed by atoms with Gasteiger partial charge in [0.15, 0.2) is 0 Å². The monoisotopic (exact) mass is 369 g/mol. The van der Waals surface area contributed by atoms with Crippen molar-refractivity contribution in [1.82, 2.24) is 0 Å². The lowest BCUT2D eigenvalue weighted by Crippen LogP contribution is -1.76. The highest BCUT2D eigenvalue weighted by molar-refractivity contribution is 4.41. The molecule has 0 aromatic rings. The summed E-state index contributed by atoms with van der Waals surface area (Å²) in [5.74, 6) is 0. The van der Waals surface area contributed by atoms with E-state index in [1.165, 1.54) is 44.9 Å². The number of hydrogen-bond acceptors (Lipinski definition) is 0. The van der Waals surface area contributed by atoms with E-state index >= 15 is 0 Å². The van der Waals surface area contributed by atoms with Gasteiger partial charge in [-0.15, -0.1) is 0 Å². The third-order valence-corrected chi connectivity index (χ3v) is 1.71. The largest absolute Gasteiger partial charge is 0.0683 e. The minimum absolute atomic E-state index is 1.37. The summed E-state index contributed by atoms with van der Waals surface area (Å²) in [5.41, 5.74) is 0. The molecule has 0 aromatic heterocycles. The molecule has 0 unspecified atom stereocenters. The van der Waals surface area contributed by atoms with Crippen LogP contribution in [0.3, 0.4) is 0 Å². The summed E-state index contributed by atoms with van der Waals surface area (Å²) < 4.78 is 0. The first-order valence-electron chi connectivity index (χ1n) is 12.4. The molecule has 0 saturated heterocycles. The van der Waals surface area contributed by atoms with Crippen molar-refractivity contribution in [2.24, 2.45) is 0 Å². The van der Waals surface area contributed by atoms with Crippen LogP contribution in [0, 0.1) is 0 Å². The molecule has 168 valence electrons. The van der Waals surface area contributed by atoms with Gasteiger partial charge in [0, 0.05) is 0 Å². The second-order valence-electron chi connectivity index (χ2n) is 2.77. The first-order valence-corrected chi connectivity index (χ1v) is 12.4. The average Bonchev–Trinajstić information content (AvgIpc) is 2.79. The minimum atomic E-state index is 1.37. The van der Waals surface area contributed by atoms with Gasteiger partial charge in [0.1, 0.15) is 0 Å². The van der Waals surface area contributed by atoms with Crippen molar-refractivity contribution in [1.29, 1.82) is 0 Å². The van der Waals surface area contributed by atoms with Crippen LogP contribution in [-0.4, -0.2) is 0 Å². The lowest BCUT2D eigenvalue weighted by Gasteiger charge is -1.96. The molecular weight excluding hydrogens is 300 g/mol. The highest BCUT2D eigenvalue weighted by Gasteiger charge is 1.85. The first-order chi connectivity index (χ1) is 12.4. The summed E-state index contributed by atoms with van der Waals surface area (Å²) in [6, 6.07) is 0. The van der Waals surface area contributed by atoms with Crippen molar-refractivity contribution in [3.8, 4) is 0 Å². The highest BCUT2D eigenvalue weighted by atomic mass is 13.9. The molecular formula is C25H68. The summed E-state index contributed by atoms with van der Waals surface area (Å²) in [4.78, 5) is 0. The summed E-state index contributed by atoms with van der Waals surface area (Å²) >= 11 is 0. The zero-order chi connectivity index (χ0) is 22.9. The van der Waals surface area contributed by atoms with Crippen molar-refractivity contribution in [3.63, 3.8) is 0 Å². The molecule has 0 aliphatic heterocycles. The molecule has 0 aliphatic carbocycles. The minimum Gasteiger partial charge on any atom is -0.0683 e. The summed E-state index contributed by atoms with van der Waals surface area (Å²) in [5, 5.41) is 0. The van der Waals surface area contributed by atoms with Gasteiger partial charge < -0.3 is 0 Å². The Morgan fingerprint density at radius 1 is 0.240 bits per heavy atom. The van der Waals surface area contributed by atoms with Crippen LogP contribution in [0.15, 0.2) is 0 Å². The Bertz CT molecular complexity index is 33.3. The van der Waals surface area contributed by atoms with E-state index in [2.05, 4.69) is 13.8 Å². The predicted octanol–water partition coefficient (Wildman–Crippen LogP) is 12.0. The molecule has 25 heavy (non-hydrogen) atoms. The van der Waals surface area contributed by atoms with E-state index < -0.39 is 0 Å². The van der Waals surface area contributed by atoms with Gasteiger partial charge >= 0.3 is 0 Å². The molecule has 0 rings (SSSR count). The van der Waals surface area contributed by atoms with Crippen molar-refractivity contribution in [2.45, 2.75) is 170 Å². The van der Waals surface area contributed by atoms with Crippen LogP contribution >= 0.6 is 0 Å². The van der Waals surface area contributed by atoms with Gasteiger partial charge in [-0.2, -0.15) is 0 Å². The van der Waals surface area contributed by atoms with Crippen LogP contribution in [0.5, 0.6) is 0 Å². The quantitative estimate of drug-likeness (QED) is 0.409. The molecule has 0 radical (unpaired) electrons. The number of rotatable bonds is 6. The van der Waals surface area contributed by atoms with Gasteiger partial charge in [-0.05, 0) is 0 Å². The zero-order valence-electron chi connectivity index (χ0n) is 22.9. The third kappa shape index (κ3) is 323. The fraction of sp³-hybridized carbons (Fsp3) is 1.00. The van der Waals surface area contributed by atoms with Crippen LogP contribution in [-0.2, 0) is 0 Å². The smallest absolute Gasteiger partial charge is 0.0533 e. The van der Waals surface area contributed by atoms with E-state index in [1.54, 1.807) is 0 Å². The molecule has 0 saturated carbocycles. The molecule has 0 aliphatic rings. The molecule has 0 N–H and O–H groups in total. The van der Waals surface area contributed by atoms with E-state index in [9.17, 15) is 0 Å². The maximum atomic E-state index is 2.26. The molecule has 0 nitrogen and oxygen atoms in total. The Hall–Kier alpha value is 0. The van der Waals surface area contributed by atoms with Crippen molar-refractivity contribution < 1.29 is 0 Å². The normalized spacial score (nSPS) is 5.52. The van der Waals surface area contributed by atoms with E-state index in [0.717, 1.165) is 0 Å². The summed E-state index contributed by atoms with van der Waals surface area (Å²) in [6.45, 7) is 36.5. The Morgan fingerprint density at radius 2 is 0.360 bits per heavy atom. The fourth-order valence-corrected chi connectivity index (χ4v) is 1.03. The van der Waals surface area contributed by atoms with E-state index in [0.29, 0.717) is 0 Å². The fourth-order valence-electron chi connectivity index (χ4n) is 1.03. The second kappa shape index (κ2) is 259. The maximum absolute atomic E-state index is 2.26. The molecule has 0 atom stereocenters. The zero-order valence-corrected chi connectivity index (χ0v) is 22.9. The Morgan fingerprint density at radius 3 is 0.480 bits per heavy atom. The van der Waals surface area contributed by atoms with E-state index in [-0.39, 0.29) is 0 Å². The Balaban J connectivity index is -0.0000000194. The topological polar surface area (TPSA) is 0 Å². The molecule has 0 fully saturated rings. The SMILES string of the molecule is CC.CC.CC.CC.CC.CC.CC.CC.CCCCCCCCC. The molecule has 0 aromatic carbocycles. The maximum Gasteiger partial charge on any atom is -0.0533 e. The Labute approximate surface area is 170 Å². The molecule has 0 heterocycles. The number of hydrogen-bond donors (Lipinski definition) is 0. The van der Waals surface area contributed by atoms with E-state index in [4.69, 9.17) is 0 Å². The van der Waals surface area contributed by atoms with Gasteiger partial charge in [0.05, 0.1) is 0 Å². The molecule has 0 amide bonds. The van der Waals surface area contributed by atoms with E-state index in [1.807, 2.05) is 111 Å². The van der Waals surface area contributed by atoms with Crippen molar-refractivity contribution in [3.05, 3.63) is 0 Å². The average molecular weight is 369 g/mol. The highest BCUT2D eigenvalue weighted by Crippen LogP contribution is 2.05. The Kier molecular flexibility index (Phi) is 583. The number of unbranched alkanes of at least 4 members (excludes halogenated alkanes) is 6. The standard InChI is InChI=1S/C9H20.8C2H6/c1-3-5-7-9-8-6-4-2;8*1-2/h3-9H2,1-2H3;8*1-2H3.